The van der Waals surface area contributed by atoms with Crippen molar-refractivity contribution in [3.63, 3.8) is 0 Å². The van der Waals surface area contributed by atoms with Gasteiger partial charge in [0.1, 0.15) is 0 Å². The lowest BCUT2D eigenvalue weighted by molar-refractivity contribution is -0.111. The van der Waals surface area contributed by atoms with Crippen LogP contribution in [0.2, 0.25) is 0 Å². The van der Waals surface area contributed by atoms with Crippen molar-refractivity contribution >= 4 is 39.9 Å². The summed E-state index contributed by atoms with van der Waals surface area (Å²) in [6, 6.07) is 26.1. The second-order valence-corrected chi connectivity index (χ2v) is 13.3. The van der Waals surface area contributed by atoms with E-state index in [1.165, 1.54) is 11.3 Å². The van der Waals surface area contributed by atoms with Crippen LogP contribution in [0.25, 0.3) is 0 Å². The molecule has 0 saturated heterocycles. The quantitative estimate of drug-likeness (QED) is 0.173. The summed E-state index contributed by atoms with van der Waals surface area (Å²) >= 11 is 0. The molecule has 2 N–H and O–H groups in total. The topological polar surface area (TPSA) is 60.0 Å². The van der Waals surface area contributed by atoms with Crippen LogP contribution in [0.4, 0.5) is 28.4 Å². The van der Waals surface area contributed by atoms with Gasteiger partial charge in [-0.05, 0) is 133 Å². The maximum absolute atomic E-state index is 13.7. The molecular weight excluding hydrogens is 578 g/mol. The van der Waals surface area contributed by atoms with Crippen molar-refractivity contribution < 1.29 is 4.79 Å². The molecule has 0 radical (unpaired) electrons. The van der Waals surface area contributed by atoms with Gasteiger partial charge in [0.05, 0.1) is 22.8 Å². The lowest BCUT2D eigenvalue weighted by atomic mass is 9.86. The number of nitrogens with one attached hydrogen (secondary N) is 2. The van der Waals surface area contributed by atoms with Gasteiger partial charge in [0.25, 0.3) is 0 Å². The summed E-state index contributed by atoms with van der Waals surface area (Å²) in [5, 5.41) is 6.96. The first kappa shape index (κ1) is 35.5. The molecule has 1 aliphatic carbocycles. The van der Waals surface area contributed by atoms with Gasteiger partial charge in [0.2, 0.25) is 5.78 Å². The molecule has 1 unspecified atom stereocenters. The average molecular weight is 634 g/mol. The van der Waals surface area contributed by atoms with Crippen LogP contribution in [0.1, 0.15) is 87.1 Å². The van der Waals surface area contributed by atoms with Gasteiger partial charge in [-0.1, -0.05) is 32.9 Å². The molecule has 4 rings (SSSR count). The third kappa shape index (κ3) is 8.54. The Labute approximate surface area is 283 Å². The highest BCUT2D eigenvalue weighted by molar-refractivity contribution is 6.27. The summed E-state index contributed by atoms with van der Waals surface area (Å²) in [6.07, 6.45) is 2.77. The molecule has 0 bridgehead atoms. The molecule has 0 spiro atoms. The lowest BCUT2D eigenvalue weighted by Crippen LogP contribution is -2.30. The van der Waals surface area contributed by atoms with Gasteiger partial charge in [-0.3, -0.25) is 4.79 Å². The van der Waals surface area contributed by atoms with E-state index in [0.29, 0.717) is 35.3 Å². The van der Waals surface area contributed by atoms with Crippen LogP contribution >= 0.6 is 0 Å². The Bertz CT molecular complexity index is 1580. The van der Waals surface area contributed by atoms with Crippen molar-refractivity contribution in [3.8, 4) is 0 Å². The zero-order valence-corrected chi connectivity index (χ0v) is 30.2. The Balaban J connectivity index is 1.69. The first-order chi connectivity index (χ1) is 22.5. The lowest BCUT2D eigenvalue weighted by Gasteiger charge is -2.28. The molecule has 6 heteroatoms. The highest BCUT2D eigenvalue weighted by atomic mass is 16.1. The Kier molecular flexibility index (Phi) is 12.1. The summed E-state index contributed by atoms with van der Waals surface area (Å²) in [4.78, 5) is 23.5. The normalized spacial score (nSPS) is 15.0. The molecule has 0 saturated carbocycles. The Morgan fingerprint density at radius 3 is 1.64 bits per heavy atom. The Hall–Kier alpha value is -4.32. The van der Waals surface area contributed by atoms with Crippen molar-refractivity contribution in [2.45, 2.75) is 93.7 Å². The fourth-order valence-electron chi connectivity index (χ4n) is 6.65. The zero-order chi connectivity index (χ0) is 34.2. The van der Waals surface area contributed by atoms with Gasteiger partial charge in [-0.25, -0.2) is 4.99 Å². The second kappa shape index (κ2) is 16.0. The molecule has 1 aliphatic rings. The van der Waals surface area contributed by atoms with Crippen LogP contribution in [0, 0.1) is 5.92 Å². The largest absolute Gasteiger partial charge is 0.369 e. The minimum absolute atomic E-state index is 0.0845. The molecular formula is C41H55N5O. The number of aliphatic imine (C=N–C) groups is 1. The van der Waals surface area contributed by atoms with E-state index in [2.05, 4.69) is 143 Å². The van der Waals surface area contributed by atoms with Crippen molar-refractivity contribution in [1.82, 2.24) is 0 Å². The zero-order valence-electron chi connectivity index (χ0n) is 30.2. The van der Waals surface area contributed by atoms with Crippen molar-refractivity contribution in [1.29, 1.82) is 0 Å². The van der Waals surface area contributed by atoms with Crippen molar-refractivity contribution in [2.75, 3.05) is 33.5 Å². The van der Waals surface area contributed by atoms with Gasteiger partial charge >= 0.3 is 0 Å². The number of anilines is 4. The second-order valence-electron chi connectivity index (χ2n) is 13.3. The smallest absolute Gasteiger partial charge is 0.204 e. The van der Waals surface area contributed by atoms with E-state index < -0.39 is 0 Å². The number of benzene rings is 3. The molecule has 0 aliphatic heterocycles. The maximum atomic E-state index is 13.7. The molecule has 0 heterocycles. The monoisotopic (exact) mass is 633 g/mol. The van der Waals surface area contributed by atoms with Crippen LogP contribution in [0.3, 0.4) is 0 Å². The van der Waals surface area contributed by atoms with E-state index in [1.807, 2.05) is 19.1 Å². The maximum Gasteiger partial charge on any atom is 0.204 e. The number of carbonyl (C=O) groups is 1. The fourth-order valence-corrected chi connectivity index (χ4v) is 6.65. The van der Waals surface area contributed by atoms with Crippen molar-refractivity contribution in [3.05, 3.63) is 101 Å². The van der Waals surface area contributed by atoms with E-state index in [9.17, 15) is 4.79 Å². The van der Waals surface area contributed by atoms with E-state index in [-0.39, 0.29) is 5.78 Å². The van der Waals surface area contributed by atoms with E-state index in [4.69, 9.17) is 4.99 Å². The first-order valence-electron chi connectivity index (χ1n) is 17.4. The van der Waals surface area contributed by atoms with Crippen LogP contribution in [0.5, 0.6) is 0 Å². The SMILES string of the molecule is CCC(c1ccc(NC2=CC(=O)C(Nc3ccc(N(CC)C(C)C)cc3)=C(C)/C2=N/c2ccc(N(CC)C(C)C)cc2)cc1)C(C)C. The standard InChI is InChI=1S/C41H55N5O/c1-11-37(27(4)5)31-14-16-32(17-15-31)42-38-26-39(47)41(44-34-20-24-36(25-21-34)46(13-3)29(8)9)30(10)40(38)43-33-18-22-35(23-19-33)45(12-2)28(6)7/h14-29,37,42,44H,11-13H2,1-10H3/b43-40-. The summed E-state index contributed by atoms with van der Waals surface area (Å²) in [6.45, 7) is 23.8. The van der Waals surface area contributed by atoms with Gasteiger partial charge in [0.15, 0.2) is 0 Å². The van der Waals surface area contributed by atoms with Crippen LogP contribution < -0.4 is 20.4 Å². The first-order valence-corrected chi connectivity index (χ1v) is 17.4. The number of ketones is 1. The molecule has 47 heavy (non-hydrogen) atoms. The Morgan fingerprint density at radius 2 is 1.17 bits per heavy atom. The summed E-state index contributed by atoms with van der Waals surface area (Å²) < 4.78 is 0. The number of carbonyl (C=O) groups excluding carboxylic acids is 1. The molecule has 3 aromatic carbocycles. The van der Waals surface area contributed by atoms with Crippen LogP contribution in [-0.4, -0.2) is 36.7 Å². The molecule has 6 nitrogen and oxygen atoms in total. The highest BCUT2D eigenvalue weighted by Crippen LogP contribution is 2.31. The predicted molar refractivity (Wildman–Crippen MR) is 204 cm³/mol. The summed E-state index contributed by atoms with van der Waals surface area (Å²) in [5.41, 5.74) is 9.05. The summed E-state index contributed by atoms with van der Waals surface area (Å²) in [7, 11) is 0. The van der Waals surface area contributed by atoms with Gasteiger partial charge in [0, 0.05) is 59.6 Å². The van der Waals surface area contributed by atoms with E-state index in [0.717, 1.165) is 53.5 Å². The number of rotatable bonds is 14. The minimum atomic E-state index is -0.0845. The third-order valence-electron chi connectivity index (χ3n) is 9.19. The number of allylic oxidation sites excluding steroid dienone is 2. The average Bonchev–Trinajstić information content (AvgIpc) is 3.04. The highest BCUT2D eigenvalue weighted by Gasteiger charge is 2.25. The fraction of sp³-hybridized carbons (Fsp3) is 0.415. The number of hydrogen-bond donors (Lipinski definition) is 2. The molecule has 0 aromatic heterocycles. The van der Waals surface area contributed by atoms with Gasteiger partial charge in [-0.15, -0.1) is 0 Å². The molecule has 250 valence electrons. The van der Waals surface area contributed by atoms with Gasteiger partial charge < -0.3 is 20.4 Å². The summed E-state index contributed by atoms with van der Waals surface area (Å²) in [5.74, 6) is 1.00. The number of nitrogens with zero attached hydrogens (tertiary/aromatic N) is 3. The van der Waals surface area contributed by atoms with Crippen molar-refractivity contribution in [2.24, 2.45) is 10.9 Å². The number of hydrogen-bond acceptors (Lipinski definition) is 6. The predicted octanol–water partition coefficient (Wildman–Crippen LogP) is 10.3. The van der Waals surface area contributed by atoms with Crippen LogP contribution in [-0.2, 0) is 4.79 Å². The Morgan fingerprint density at radius 1 is 0.681 bits per heavy atom. The third-order valence-corrected chi connectivity index (χ3v) is 9.19. The minimum Gasteiger partial charge on any atom is -0.369 e. The van der Waals surface area contributed by atoms with Crippen LogP contribution in [0.15, 0.2) is 101 Å². The molecule has 3 aromatic rings. The molecule has 0 fully saturated rings. The molecule has 0 amide bonds. The molecule has 1 atom stereocenters. The van der Waals surface area contributed by atoms with E-state index >= 15 is 0 Å². The van der Waals surface area contributed by atoms with Gasteiger partial charge in [-0.2, -0.15) is 0 Å². The van der Waals surface area contributed by atoms with E-state index in [1.54, 1.807) is 6.08 Å².